The predicted octanol–water partition coefficient (Wildman–Crippen LogP) is 1.98. The molecular formula is C9H10ClN3. The van der Waals surface area contributed by atoms with Crippen LogP contribution in [0.5, 0.6) is 0 Å². The molecule has 68 valence electrons. The molecule has 0 aromatic carbocycles. The van der Waals surface area contributed by atoms with Gasteiger partial charge in [-0.25, -0.2) is 4.52 Å². The van der Waals surface area contributed by atoms with E-state index in [0.29, 0.717) is 5.69 Å². The van der Waals surface area contributed by atoms with Gasteiger partial charge in [0.1, 0.15) is 5.69 Å². The summed E-state index contributed by atoms with van der Waals surface area (Å²) in [5, 5.41) is 4.20. The van der Waals surface area contributed by atoms with Crippen molar-refractivity contribution in [3.8, 4) is 0 Å². The Morgan fingerprint density at radius 3 is 2.85 bits per heavy atom. The Kier molecular flexibility index (Phi) is 2.58. The molecule has 0 aliphatic rings. The third-order valence-electron chi connectivity index (χ3n) is 1.80. The summed E-state index contributed by atoms with van der Waals surface area (Å²) in [5.41, 5.74) is 8.14. The van der Waals surface area contributed by atoms with Crippen molar-refractivity contribution < 1.29 is 0 Å². The van der Waals surface area contributed by atoms with E-state index in [4.69, 9.17) is 5.73 Å². The van der Waals surface area contributed by atoms with E-state index in [-0.39, 0.29) is 12.4 Å². The van der Waals surface area contributed by atoms with Crippen LogP contribution in [0.3, 0.4) is 0 Å². The number of pyridine rings is 1. The molecule has 0 aliphatic carbocycles. The van der Waals surface area contributed by atoms with Crippen molar-refractivity contribution >= 4 is 29.7 Å². The molecule has 2 aromatic heterocycles. The van der Waals surface area contributed by atoms with Crippen molar-refractivity contribution in [3.63, 3.8) is 0 Å². The van der Waals surface area contributed by atoms with E-state index in [9.17, 15) is 0 Å². The van der Waals surface area contributed by atoms with Crippen LogP contribution >= 0.6 is 12.4 Å². The zero-order valence-corrected chi connectivity index (χ0v) is 7.79. The molecule has 2 heterocycles. The standard InChI is InChI=1S/C9H9N3.ClH/c1-2-7-9(10)8-5-3-4-6-12(8)11-7;/h2-6H,1,10H2;1H. The lowest BCUT2D eigenvalue weighted by molar-refractivity contribution is 0.954. The molecule has 2 aromatic rings. The highest BCUT2D eigenvalue weighted by molar-refractivity contribution is 5.85. The van der Waals surface area contributed by atoms with Crippen LogP contribution in [-0.4, -0.2) is 9.61 Å². The molecule has 2 N–H and O–H groups in total. The summed E-state index contributed by atoms with van der Waals surface area (Å²) < 4.78 is 1.74. The Balaban J connectivity index is 0.000000845. The number of aromatic nitrogens is 2. The minimum Gasteiger partial charge on any atom is -0.395 e. The van der Waals surface area contributed by atoms with E-state index in [1.807, 2.05) is 24.4 Å². The molecule has 0 saturated carbocycles. The summed E-state index contributed by atoms with van der Waals surface area (Å²) in [4.78, 5) is 0. The molecule has 0 unspecified atom stereocenters. The molecule has 4 heteroatoms. The van der Waals surface area contributed by atoms with Gasteiger partial charge < -0.3 is 5.73 Å². The van der Waals surface area contributed by atoms with E-state index in [2.05, 4.69) is 11.7 Å². The number of nitrogen functional groups attached to an aromatic ring is 1. The van der Waals surface area contributed by atoms with Gasteiger partial charge in [-0.3, -0.25) is 0 Å². The molecule has 13 heavy (non-hydrogen) atoms. The number of halogens is 1. The highest BCUT2D eigenvalue weighted by atomic mass is 35.5. The largest absolute Gasteiger partial charge is 0.395 e. The van der Waals surface area contributed by atoms with Crippen molar-refractivity contribution in [2.45, 2.75) is 0 Å². The van der Waals surface area contributed by atoms with Gasteiger partial charge in [-0.15, -0.1) is 12.4 Å². The Morgan fingerprint density at radius 2 is 2.23 bits per heavy atom. The minimum atomic E-state index is 0. The first-order valence-electron chi connectivity index (χ1n) is 3.68. The average molecular weight is 196 g/mol. The lowest BCUT2D eigenvalue weighted by Gasteiger charge is -1.89. The normalized spacial score (nSPS) is 9.54. The first kappa shape index (κ1) is 9.61. The van der Waals surface area contributed by atoms with Gasteiger partial charge in [0.25, 0.3) is 0 Å². The summed E-state index contributed by atoms with van der Waals surface area (Å²) >= 11 is 0. The molecule has 0 fully saturated rings. The van der Waals surface area contributed by atoms with Gasteiger partial charge in [-0.05, 0) is 18.2 Å². The van der Waals surface area contributed by atoms with Gasteiger partial charge in [0, 0.05) is 6.20 Å². The van der Waals surface area contributed by atoms with Gasteiger partial charge in [0.05, 0.1) is 11.2 Å². The number of anilines is 1. The summed E-state index contributed by atoms with van der Waals surface area (Å²) in [7, 11) is 0. The van der Waals surface area contributed by atoms with E-state index in [1.54, 1.807) is 10.6 Å². The second-order valence-electron chi connectivity index (χ2n) is 2.53. The summed E-state index contributed by atoms with van der Waals surface area (Å²) in [6.45, 7) is 3.63. The zero-order chi connectivity index (χ0) is 8.55. The fraction of sp³-hybridized carbons (Fsp3) is 0. The van der Waals surface area contributed by atoms with Gasteiger partial charge >= 0.3 is 0 Å². The van der Waals surface area contributed by atoms with Crippen LogP contribution in [0.2, 0.25) is 0 Å². The van der Waals surface area contributed by atoms with E-state index < -0.39 is 0 Å². The smallest absolute Gasteiger partial charge is 0.108 e. The van der Waals surface area contributed by atoms with Gasteiger partial charge in [0.15, 0.2) is 0 Å². The van der Waals surface area contributed by atoms with Gasteiger partial charge in [-0.1, -0.05) is 12.6 Å². The number of nitrogens with two attached hydrogens (primary N) is 1. The van der Waals surface area contributed by atoms with E-state index in [0.717, 1.165) is 11.2 Å². The number of rotatable bonds is 1. The van der Waals surface area contributed by atoms with Crippen molar-refractivity contribution in [2.24, 2.45) is 0 Å². The number of hydrogen-bond acceptors (Lipinski definition) is 2. The van der Waals surface area contributed by atoms with Crippen LogP contribution in [0.15, 0.2) is 31.0 Å². The molecule has 0 bridgehead atoms. The third kappa shape index (κ3) is 1.38. The minimum absolute atomic E-state index is 0. The van der Waals surface area contributed by atoms with Crippen molar-refractivity contribution in [1.82, 2.24) is 9.61 Å². The maximum atomic E-state index is 5.79. The van der Waals surface area contributed by atoms with Crippen LogP contribution < -0.4 is 5.73 Å². The lowest BCUT2D eigenvalue weighted by Crippen LogP contribution is -1.85. The Morgan fingerprint density at radius 1 is 1.46 bits per heavy atom. The SMILES string of the molecule is C=Cc1nn2ccccc2c1N.Cl. The van der Waals surface area contributed by atoms with Crippen LogP contribution in [-0.2, 0) is 0 Å². The molecule has 0 atom stereocenters. The first-order chi connectivity index (χ1) is 5.83. The fourth-order valence-corrected chi connectivity index (χ4v) is 1.19. The molecule has 0 amide bonds. The van der Waals surface area contributed by atoms with Gasteiger partial charge in [-0.2, -0.15) is 5.10 Å². The van der Waals surface area contributed by atoms with Gasteiger partial charge in [0.2, 0.25) is 0 Å². The van der Waals surface area contributed by atoms with Crippen LogP contribution in [0.1, 0.15) is 5.69 Å². The molecule has 0 aliphatic heterocycles. The predicted molar refractivity (Wildman–Crippen MR) is 56.9 cm³/mol. The molecule has 0 radical (unpaired) electrons. The summed E-state index contributed by atoms with van der Waals surface area (Å²) in [6.07, 6.45) is 3.51. The van der Waals surface area contributed by atoms with Crippen LogP contribution in [0.4, 0.5) is 5.69 Å². The quantitative estimate of drug-likeness (QED) is 0.756. The Bertz CT molecular complexity index is 433. The number of nitrogens with zero attached hydrogens (tertiary/aromatic N) is 2. The third-order valence-corrected chi connectivity index (χ3v) is 1.80. The van der Waals surface area contributed by atoms with E-state index in [1.165, 1.54) is 0 Å². The van der Waals surface area contributed by atoms with Crippen LogP contribution in [0.25, 0.3) is 11.6 Å². The average Bonchev–Trinajstić information content (AvgIpc) is 2.44. The maximum Gasteiger partial charge on any atom is 0.108 e. The van der Waals surface area contributed by atoms with Crippen molar-refractivity contribution in [2.75, 3.05) is 5.73 Å². The summed E-state index contributed by atoms with van der Waals surface area (Å²) in [5.74, 6) is 0. The Labute approximate surface area is 82.3 Å². The maximum absolute atomic E-state index is 5.79. The van der Waals surface area contributed by atoms with Crippen molar-refractivity contribution in [3.05, 3.63) is 36.7 Å². The fourth-order valence-electron chi connectivity index (χ4n) is 1.19. The highest BCUT2D eigenvalue weighted by Crippen LogP contribution is 2.17. The monoisotopic (exact) mass is 195 g/mol. The molecule has 2 rings (SSSR count). The Hall–Kier alpha value is -1.48. The number of hydrogen-bond donors (Lipinski definition) is 1. The van der Waals surface area contributed by atoms with E-state index >= 15 is 0 Å². The lowest BCUT2D eigenvalue weighted by atomic mass is 10.3. The second kappa shape index (κ2) is 3.49. The topological polar surface area (TPSA) is 43.3 Å². The molecule has 0 saturated heterocycles. The molecular weight excluding hydrogens is 186 g/mol. The number of fused-ring (bicyclic) bond motifs is 1. The molecule has 3 nitrogen and oxygen atoms in total. The summed E-state index contributed by atoms with van der Waals surface area (Å²) in [6, 6.07) is 5.77. The molecule has 0 spiro atoms. The zero-order valence-electron chi connectivity index (χ0n) is 6.97. The van der Waals surface area contributed by atoms with Crippen molar-refractivity contribution in [1.29, 1.82) is 0 Å². The second-order valence-corrected chi connectivity index (χ2v) is 2.53. The first-order valence-corrected chi connectivity index (χ1v) is 3.68. The highest BCUT2D eigenvalue weighted by Gasteiger charge is 2.03. The van der Waals surface area contributed by atoms with Crippen LogP contribution in [0, 0.1) is 0 Å².